The molecule has 68 valence electrons. The van der Waals surface area contributed by atoms with Gasteiger partial charge in [0.25, 0.3) is 5.88 Å². The summed E-state index contributed by atoms with van der Waals surface area (Å²) in [4.78, 5) is 0. The van der Waals surface area contributed by atoms with Crippen LogP contribution < -0.4 is 10.5 Å². The minimum absolute atomic E-state index is 0.472. The zero-order valence-electron chi connectivity index (χ0n) is 7.84. The lowest BCUT2D eigenvalue weighted by atomic mass is 9.96. The van der Waals surface area contributed by atoms with Crippen LogP contribution in [0.15, 0.2) is 4.52 Å². The molecule has 0 atom stereocenters. The number of nitrogens with two attached hydrogens (primary N) is 1. The molecule has 0 spiro atoms. The molecular weight excluding hydrogens is 156 g/mol. The van der Waals surface area contributed by atoms with E-state index in [2.05, 4.69) is 5.16 Å². The number of ether oxygens (including phenoxy) is 1. The van der Waals surface area contributed by atoms with Crippen LogP contribution in [0.4, 0.5) is 0 Å². The third-order valence-electron chi connectivity index (χ3n) is 1.67. The maximum atomic E-state index is 5.90. The smallest absolute Gasteiger partial charge is 0.259 e. The number of nitrogens with zero attached hydrogens (tertiary/aromatic N) is 1. The van der Waals surface area contributed by atoms with Crippen molar-refractivity contribution in [3.8, 4) is 5.88 Å². The molecule has 0 radical (unpaired) electrons. The Bertz CT molecular complexity index is 273. The van der Waals surface area contributed by atoms with Crippen LogP contribution in [0.3, 0.4) is 0 Å². The van der Waals surface area contributed by atoms with Gasteiger partial charge in [-0.15, -0.1) is 0 Å². The van der Waals surface area contributed by atoms with Crippen molar-refractivity contribution >= 4 is 0 Å². The predicted octanol–water partition coefficient (Wildman–Crippen LogP) is 1.19. The lowest BCUT2D eigenvalue weighted by Crippen LogP contribution is -2.29. The van der Waals surface area contributed by atoms with E-state index >= 15 is 0 Å². The Labute approximate surface area is 71.7 Å². The lowest BCUT2D eigenvalue weighted by Gasteiger charge is -2.17. The van der Waals surface area contributed by atoms with E-state index in [1.807, 2.05) is 20.8 Å². The van der Waals surface area contributed by atoms with Crippen molar-refractivity contribution in [1.82, 2.24) is 5.16 Å². The highest BCUT2D eigenvalue weighted by Gasteiger charge is 2.26. The summed E-state index contributed by atoms with van der Waals surface area (Å²) in [6, 6.07) is 0. The molecule has 1 aromatic rings. The molecule has 0 aliphatic rings. The van der Waals surface area contributed by atoms with Crippen molar-refractivity contribution in [3.63, 3.8) is 0 Å². The second-order valence-electron chi connectivity index (χ2n) is 3.34. The number of methoxy groups -OCH3 is 1. The van der Waals surface area contributed by atoms with Crippen LogP contribution in [0.5, 0.6) is 5.88 Å². The maximum Gasteiger partial charge on any atom is 0.259 e. The molecule has 4 heteroatoms. The fourth-order valence-electron chi connectivity index (χ4n) is 1.22. The van der Waals surface area contributed by atoms with Crippen LogP contribution in [-0.2, 0) is 5.54 Å². The standard InChI is InChI=1S/C8H14N2O2/c1-5-6(8(2,3)9)7(11-4)10-12-5/h9H2,1-4H3. The van der Waals surface area contributed by atoms with Crippen LogP contribution in [0.1, 0.15) is 25.2 Å². The first-order chi connectivity index (χ1) is 5.46. The van der Waals surface area contributed by atoms with Crippen molar-refractivity contribution in [3.05, 3.63) is 11.3 Å². The van der Waals surface area contributed by atoms with Gasteiger partial charge >= 0.3 is 0 Å². The minimum Gasteiger partial charge on any atom is -0.479 e. The molecule has 0 saturated heterocycles. The van der Waals surface area contributed by atoms with Gasteiger partial charge in [0.2, 0.25) is 0 Å². The van der Waals surface area contributed by atoms with Crippen LogP contribution in [0.25, 0.3) is 0 Å². The SMILES string of the molecule is COc1noc(C)c1C(C)(C)N. The number of rotatable bonds is 2. The third kappa shape index (κ3) is 1.43. The van der Waals surface area contributed by atoms with Crippen LogP contribution >= 0.6 is 0 Å². The molecule has 1 heterocycles. The van der Waals surface area contributed by atoms with Gasteiger partial charge in [0.1, 0.15) is 5.76 Å². The molecule has 4 nitrogen and oxygen atoms in total. The zero-order valence-corrected chi connectivity index (χ0v) is 7.84. The van der Waals surface area contributed by atoms with E-state index < -0.39 is 5.54 Å². The molecule has 0 aliphatic carbocycles. The van der Waals surface area contributed by atoms with Gasteiger partial charge < -0.3 is 15.0 Å². The summed E-state index contributed by atoms with van der Waals surface area (Å²) in [5, 5.41) is 3.72. The third-order valence-corrected chi connectivity index (χ3v) is 1.67. The van der Waals surface area contributed by atoms with Gasteiger partial charge in [-0.2, -0.15) is 0 Å². The second kappa shape index (κ2) is 2.79. The fourth-order valence-corrected chi connectivity index (χ4v) is 1.22. The summed E-state index contributed by atoms with van der Waals surface area (Å²) in [6.45, 7) is 5.59. The van der Waals surface area contributed by atoms with Gasteiger partial charge in [-0.3, -0.25) is 0 Å². The van der Waals surface area contributed by atoms with Gasteiger partial charge in [-0.25, -0.2) is 0 Å². The number of aromatic nitrogens is 1. The highest BCUT2D eigenvalue weighted by atomic mass is 16.5. The molecular formula is C8H14N2O2. The van der Waals surface area contributed by atoms with E-state index in [0.717, 1.165) is 5.56 Å². The predicted molar refractivity (Wildman–Crippen MR) is 45.0 cm³/mol. The summed E-state index contributed by atoms with van der Waals surface area (Å²) in [7, 11) is 1.55. The lowest BCUT2D eigenvalue weighted by molar-refractivity contribution is 0.330. The summed E-state index contributed by atoms with van der Waals surface area (Å²) in [5.74, 6) is 1.18. The molecule has 0 saturated carbocycles. The summed E-state index contributed by atoms with van der Waals surface area (Å²) < 4.78 is 9.97. The highest BCUT2D eigenvalue weighted by Crippen LogP contribution is 2.29. The van der Waals surface area contributed by atoms with E-state index in [0.29, 0.717) is 11.6 Å². The molecule has 0 fully saturated rings. The van der Waals surface area contributed by atoms with E-state index in [9.17, 15) is 0 Å². The zero-order chi connectivity index (χ0) is 9.35. The molecule has 0 amide bonds. The van der Waals surface area contributed by atoms with Crippen LogP contribution in [0.2, 0.25) is 0 Å². The normalized spacial score (nSPS) is 11.8. The number of hydrogen-bond donors (Lipinski definition) is 1. The Morgan fingerprint density at radius 1 is 1.50 bits per heavy atom. The number of hydrogen-bond acceptors (Lipinski definition) is 4. The Kier molecular flexibility index (Phi) is 2.10. The monoisotopic (exact) mass is 170 g/mol. The van der Waals surface area contributed by atoms with Gasteiger partial charge in [0, 0.05) is 5.54 Å². The quantitative estimate of drug-likeness (QED) is 0.724. The number of aryl methyl sites for hydroxylation is 1. The first-order valence-corrected chi connectivity index (χ1v) is 3.76. The van der Waals surface area contributed by atoms with Crippen molar-refractivity contribution < 1.29 is 9.26 Å². The van der Waals surface area contributed by atoms with Gasteiger partial charge in [-0.1, -0.05) is 0 Å². The first-order valence-electron chi connectivity index (χ1n) is 3.76. The van der Waals surface area contributed by atoms with E-state index in [4.69, 9.17) is 15.0 Å². The molecule has 1 aromatic heterocycles. The molecule has 12 heavy (non-hydrogen) atoms. The summed E-state index contributed by atoms with van der Waals surface area (Å²) in [6.07, 6.45) is 0. The van der Waals surface area contributed by atoms with Gasteiger partial charge in [0.15, 0.2) is 0 Å². The average molecular weight is 170 g/mol. The van der Waals surface area contributed by atoms with Crippen molar-refractivity contribution in [2.24, 2.45) is 5.73 Å². The molecule has 0 bridgehead atoms. The van der Waals surface area contributed by atoms with E-state index in [-0.39, 0.29) is 0 Å². The van der Waals surface area contributed by atoms with Crippen molar-refractivity contribution in [2.45, 2.75) is 26.3 Å². The van der Waals surface area contributed by atoms with Crippen LogP contribution in [-0.4, -0.2) is 12.3 Å². The molecule has 0 aliphatic heterocycles. The maximum absolute atomic E-state index is 5.90. The molecule has 2 N–H and O–H groups in total. The van der Waals surface area contributed by atoms with Crippen molar-refractivity contribution in [1.29, 1.82) is 0 Å². The topological polar surface area (TPSA) is 61.3 Å². The van der Waals surface area contributed by atoms with Gasteiger partial charge in [-0.05, 0) is 25.9 Å². The fraction of sp³-hybridized carbons (Fsp3) is 0.625. The van der Waals surface area contributed by atoms with Crippen LogP contribution in [0, 0.1) is 6.92 Å². The van der Waals surface area contributed by atoms with Crippen molar-refractivity contribution in [2.75, 3.05) is 7.11 Å². The molecule has 0 unspecified atom stereocenters. The Balaban J connectivity index is 3.19. The second-order valence-corrected chi connectivity index (χ2v) is 3.34. The van der Waals surface area contributed by atoms with E-state index in [1.54, 1.807) is 7.11 Å². The molecule has 1 rings (SSSR count). The largest absolute Gasteiger partial charge is 0.479 e. The van der Waals surface area contributed by atoms with Gasteiger partial charge in [0.05, 0.1) is 12.7 Å². The Hall–Kier alpha value is -1.03. The highest BCUT2D eigenvalue weighted by molar-refractivity contribution is 5.33. The average Bonchev–Trinajstić information content (AvgIpc) is 2.29. The summed E-state index contributed by atoms with van der Waals surface area (Å²) >= 11 is 0. The Morgan fingerprint density at radius 2 is 2.08 bits per heavy atom. The Morgan fingerprint density at radius 3 is 2.42 bits per heavy atom. The first kappa shape index (κ1) is 9.06. The van der Waals surface area contributed by atoms with E-state index in [1.165, 1.54) is 0 Å². The molecule has 0 aromatic carbocycles. The summed E-state index contributed by atoms with van der Waals surface area (Å²) in [5.41, 5.74) is 6.25. The minimum atomic E-state index is -0.477.